The molecule has 0 bridgehead atoms. The molecule has 2 heterocycles. The summed E-state index contributed by atoms with van der Waals surface area (Å²) in [6.07, 6.45) is 22.1. The van der Waals surface area contributed by atoms with E-state index >= 15 is 0 Å². The SMILES string of the molecule is C=C(CC(O)/C=C/CC(/C=C\C)C(O)/C=C/C1CC(C)=CCO1)CC(C)CC1CC=CCO1.O=CO. The Hall–Kier alpha value is -2.25. The van der Waals surface area contributed by atoms with Crippen LogP contribution in [0.2, 0.25) is 0 Å². The van der Waals surface area contributed by atoms with E-state index in [-0.39, 0.29) is 18.5 Å². The van der Waals surface area contributed by atoms with Crippen molar-refractivity contribution < 1.29 is 29.6 Å². The molecule has 6 atom stereocenters. The first kappa shape index (κ1) is 31.8. The van der Waals surface area contributed by atoms with Gasteiger partial charge in [-0.3, -0.25) is 4.79 Å². The number of rotatable bonds is 13. The van der Waals surface area contributed by atoms with Crippen LogP contribution in [0.15, 0.2) is 72.4 Å². The molecule has 0 fully saturated rings. The molecule has 0 aliphatic carbocycles. The minimum Gasteiger partial charge on any atom is -0.483 e. The molecule has 0 aromatic heterocycles. The van der Waals surface area contributed by atoms with Gasteiger partial charge in [0, 0.05) is 5.92 Å². The summed E-state index contributed by atoms with van der Waals surface area (Å²) < 4.78 is 11.5. The van der Waals surface area contributed by atoms with Crippen molar-refractivity contribution in [3.63, 3.8) is 0 Å². The van der Waals surface area contributed by atoms with Gasteiger partial charge < -0.3 is 24.8 Å². The Kier molecular flexibility index (Phi) is 16.7. The van der Waals surface area contributed by atoms with Crippen molar-refractivity contribution in [2.24, 2.45) is 11.8 Å². The van der Waals surface area contributed by atoms with Gasteiger partial charge in [-0.15, -0.1) is 0 Å². The first-order valence-electron chi connectivity index (χ1n) is 12.9. The second-order valence-corrected chi connectivity index (χ2v) is 9.69. The van der Waals surface area contributed by atoms with Gasteiger partial charge in [0.15, 0.2) is 0 Å². The fraction of sp³-hybridized carbons (Fsp3) is 0.567. The van der Waals surface area contributed by atoms with E-state index in [4.69, 9.17) is 19.4 Å². The van der Waals surface area contributed by atoms with E-state index in [0.29, 0.717) is 38.1 Å². The van der Waals surface area contributed by atoms with Crippen LogP contribution < -0.4 is 0 Å². The van der Waals surface area contributed by atoms with E-state index in [2.05, 4.69) is 38.7 Å². The summed E-state index contributed by atoms with van der Waals surface area (Å²) in [4.78, 5) is 8.36. The predicted molar refractivity (Wildman–Crippen MR) is 146 cm³/mol. The maximum atomic E-state index is 10.6. The third kappa shape index (κ3) is 14.3. The van der Waals surface area contributed by atoms with E-state index in [1.165, 1.54) is 5.57 Å². The predicted octanol–water partition coefficient (Wildman–Crippen LogP) is 5.55. The molecular formula is C30H46O6. The molecule has 2 rings (SSSR count). The molecule has 2 aliphatic heterocycles. The van der Waals surface area contributed by atoms with Crippen LogP contribution in [-0.2, 0) is 14.3 Å². The van der Waals surface area contributed by atoms with E-state index in [0.717, 1.165) is 31.3 Å². The highest BCUT2D eigenvalue weighted by atomic mass is 16.5. The molecule has 2 aliphatic rings. The van der Waals surface area contributed by atoms with Gasteiger partial charge in [-0.2, -0.15) is 0 Å². The van der Waals surface area contributed by atoms with E-state index < -0.39 is 12.2 Å². The largest absolute Gasteiger partial charge is 0.483 e. The van der Waals surface area contributed by atoms with Crippen molar-refractivity contribution in [3.05, 3.63) is 72.4 Å². The van der Waals surface area contributed by atoms with Crippen LogP contribution in [0.1, 0.15) is 59.3 Å². The van der Waals surface area contributed by atoms with Crippen LogP contribution in [0.4, 0.5) is 0 Å². The molecule has 6 unspecified atom stereocenters. The van der Waals surface area contributed by atoms with Crippen LogP contribution in [0.5, 0.6) is 0 Å². The van der Waals surface area contributed by atoms with Gasteiger partial charge in [0.05, 0.1) is 37.6 Å². The molecule has 0 saturated carbocycles. The number of carbonyl (C=O) groups is 1. The van der Waals surface area contributed by atoms with E-state index in [9.17, 15) is 10.2 Å². The second-order valence-electron chi connectivity index (χ2n) is 9.69. The van der Waals surface area contributed by atoms with Crippen molar-refractivity contribution in [3.8, 4) is 0 Å². The summed E-state index contributed by atoms with van der Waals surface area (Å²) in [7, 11) is 0. The van der Waals surface area contributed by atoms with Crippen LogP contribution in [0.25, 0.3) is 0 Å². The molecule has 3 N–H and O–H groups in total. The average molecular weight is 503 g/mol. The van der Waals surface area contributed by atoms with Crippen LogP contribution in [-0.4, -0.2) is 59.4 Å². The number of hydrogen-bond donors (Lipinski definition) is 3. The summed E-state index contributed by atoms with van der Waals surface area (Å²) >= 11 is 0. The number of hydrogen-bond acceptors (Lipinski definition) is 5. The maximum absolute atomic E-state index is 10.6. The van der Waals surface area contributed by atoms with Crippen molar-refractivity contribution in [2.45, 2.75) is 83.7 Å². The van der Waals surface area contributed by atoms with Crippen molar-refractivity contribution in [1.82, 2.24) is 0 Å². The Morgan fingerprint density at radius 1 is 1.17 bits per heavy atom. The Labute approximate surface area is 217 Å². The summed E-state index contributed by atoms with van der Waals surface area (Å²) in [5.74, 6) is 0.446. The third-order valence-electron chi connectivity index (χ3n) is 6.23. The number of carboxylic acid groups (broad SMARTS) is 1. The fourth-order valence-electron chi connectivity index (χ4n) is 4.46. The van der Waals surface area contributed by atoms with Crippen molar-refractivity contribution >= 4 is 6.47 Å². The van der Waals surface area contributed by atoms with Gasteiger partial charge >= 0.3 is 0 Å². The Balaban J connectivity index is 0.00000205. The lowest BCUT2D eigenvalue weighted by molar-refractivity contribution is -0.122. The minimum atomic E-state index is -0.592. The highest BCUT2D eigenvalue weighted by Gasteiger charge is 2.17. The highest BCUT2D eigenvalue weighted by Crippen LogP contribution is 2.23. The summed E-state index contributed by atoms with van der Waals surface area (Å²) in [6, 6.07) is 0. The number of aliphatic hydroxyl groups excluding tert-OH is 2. The lowest BCUT2D eigenvalue weighted by atomic mass is 9.92. The van der Waals surface area contributed by atoms with E-state index in [1.807, 2.05) is 43.4 Å². The smallest absolute Gasteiger partial charge is 0.290 e. The normalized spacial score (nSPS) is 23.6. The van der Waals surface area contributed by atoms with Crippen LogP contribution >= 0.6 is 0 Å². The zero-order valence-electron chi connectivity index (χ0n) is 22.2. The summed E-state index contributed by atoms with van der Waals surface area (Å²) in [5.41, 5.74) is 2.39. The van der Waals surface area contributed by atoms with Gasteiger partial charge in [0.25, 0.3) is 6.47 Å². The first-order valence-corrected chi connectivity index (χ1v) is 12.9. The maximum Gasteiger partial charge on any atom is 0.290 e. The third-order valence-corrected chi connectivity index (χ3v) is 6.23. The van der Waals surface area contributed by atoms with Gasteiger partial charge in [-0.05, 0) is 58.3 Å². The molecule has 36 heavy (non-hydrogen) atoms. The molecule has 6 heteroatoms. The summed E-state index contributed by atoms with van der Waals surface area (Å²) in [6.45, 7) is 11.6. The molecule has 0 amide bonds. The Bertz CT molecular complexity index is 778. The average Bonchev–Trinajstić information content (AvgIpc) is 2.83. The Morgan fingerprint density at radius 2 is 1.92 bits per heavy atom. The molecule has 0 aromatic rings. The zero-order chi connectivity index (χ0) is 26.8. The lowest BCUT2D eigenvalue weighted by Crippen LogP contribution is -2.19. The van der Waals surface area contributed by atoms with Crippen LogP contribution in [0, 0.1) is 11.8 Å². The molecule has 0 saturated heterocycles. The van der Waals surface area contributed by atoms with E-state index in [1.54, 1.807) is 0 Å². The highest BCUT2D eigenvalue weighted by molar-refractivity contribution is 5.32. The molecule has 0 aromatic carbocycles. The first-order chi connectivity index (χ1) is 17.3. The number of allylic oxidation sites excluding steroid dienone is 2. The van der Waals surface area contributed by atoms with Gasteiger partial charge in [0.1, 0.15) is 0 Å². The molecule has 6 nitrogen and oxygen atoms in total. The molecule has 0 radical (unpaired) electrons. The minimum absolute atomic E-state index is 0.0304. The second kappa shape index (κ2) is 18.9. The van der Waals surface area contributed by atoms with Gasteiger partial charge in [0.2, 0.25) is 0 Å². The fourth-order valence-corrected chi connectivity index (χ4v) is 4.46. The van der Waals surface area contributed by atoms with Crippen LogP contribution in [0.3, 0.4) is 0 Å². The quantitative estimate of drug-likeness (QED) is 0.226. The van der Waals surface area contributed by atoms with Gasteiger partial charge in [-0.1, -0.05) is 79.3 Å². The van der Waals surface area contributed by atoms with Crippen molar-refractivity contribution in [2.75, 3.05) is 13.2 Å². The standard InChI is InChI=1S/C29H44O4.CH2O2/c1-5-9-25(29(31)14-13-28-20-22(2)15-17-33-28)10-8-11-26(30)19-23(3)18-24(4)21-27-12-6-7-16-32-27;2-1-3/h5-9,11,13-15,24-31H,3,10,12,16-21H2,1-2,4H3;1H,(H,2,3)/b9-5-,11-8+,14-13+;. The summed E-state index contributed by atoms with van der Waals surface area (Å²) in [5, 5.41) is 28.0. The molecule has 202 valence electrons. The zero-order valence-corrected chi connectivity index (χ0v) is 22.2. The molecular weight excluding hydrogens is 456 g/mol. The lowest BCUT2D eigenvalue weighted by Gasteiger charge is -2.23. The number of ether oxygens (including phenoxy) is 2. The van der Waals surface area contributed by atoms with Gasteiger partial charge in [-0.25, -0.2) is 0 Å². The topological polar surface area (TPSA) is 96.2 Å². The number of aliphatic hydroxyl groups is 2. The Morgan fingerprint density at radius 3 is 2.56 bits per heavy atom. The molecule has 0 spiro atoms. The monoisotopic (exact) mass is 502 g/mol. The van der Waals surface area contributed by atoms with Crippen molar-refractivity contribution in [1.29, 1.82) is 0 Å².